The summed E-state index contributed by atoms with van der Waals surface area (Å²) in [6, 6.07) is 5.57. The highest BCUT2D eigenvalue weighted by Crippen LogP contribution is 2.28. The Labute approximate surface area is 93.9 Å². The first-order valence-electron chi connectivity index (χ1n) is 4.94. The van der Waals surface area contributed by atoms with Crippen molar-refractivity contribution in [2.75, 3.05) is 14.2 Å². The highest BCUT2D eigenvalue weighted by Gasteiger charge is 2.23. The van der Waals surface area contributed by atoms with Gasteiger partial charge < -0.3 is 14.8 Å². The van der Waals surface area contributed by atoms with Crippen LogP contribution in [0.4, 0.5) is 0 Å². The number of benzene rings is 1. The van der Waals surface area contributed by atoms with E-state index in [0.717, 1.165) is 11.1 Å². The van der Waals surface area contributed by atoms with Crippen LogP contribution in [0.1, 0.15) is 17.2 Å². The number of nitrogens with one attached hydrogen (secondary N) is 1. The van der Waals surface area contributed by atoms with Crippen LogP contribution in [0, 0.1) is 0 Å². The van der Waals surface area contributed by atoms with Crippen molar-refractivity contribution < 1.29 is 14.3 Å². The predicted octanol–water partition coefficient (Wildman–Crippen LogP) is 1.48. The molecule has 4 nitrogen and oxygen atoms in total. The zero-order chi connectivity index (χ0) is 11.5. The molecule has 2 rings (SSSR count). The number of methoxy groups -OCH3 is 2. The molecule has 1 N–H and O–H groups in total. The summed E-state index contributed by atoms with van der Waals surface area (Å²) in [7, 11) is 3.11. The second-order valence-electron chi connectivity index (χ2n) is 3.45. The van der Waals surface area contributed by atoms with E-state index >= 15 is 0 Å². The molecule has 1 aliphatic heterocycles. The van der Waals surface area contributed by atoms with E-state index in [-0.39, 0.29) is 5.91 Å². The van der Waals surface area contributed by atoms with Gasteiger partial charge >= 0.3 is 0 Å². The molecule has 0 saturated heterocycles. The lowest BCUT2D eigenvalue weighted by Gasteiger charge is -2.15. The van der Waals surface area contributed by atoms with Crippen molar-refractivity contribution in [3.63, 3.8) is 0 Å². The quantitative estimate of drug-likeness (QED) is 0.819. The molecule has 1 atom stereocenters. The van der Waals surface area contributed by atoms with Gasteiger partial charge in [-0.25, -0.2) is 0 Å². The maximum atomic E-state index is 11.7. The van der Waals surface area contributed by atoms with Crippen LogP contribution in [0.3, 0.4) is 0 Å². The van der Waals surface area contributed by atoms with Crippen LogP contribution in [-0.4, -0.2) is 20.1 Å². The van der Waals surface area contributed by atoms with E-state index in [4.69, 9.17) is 9.47 Å². The molecule has 1 aromatic carbocycles. The van der Waals surface area contributed by atoms with Crippen molar-refractivity contribution in [2.45, 2.75) is 6.10 Å². The second-order valence-corrected chi connectivity index (χ2v) is 3.45. The van der Waals surface area contributed by atoms with Gasteiger partial charge in [0.05, 0.1) is 7.11 Å². The molecule has 84 valence electrons. The highest BCUT2D eigenvalue weighted by atomic mass is 16.5. The molecule has 1 aliphatic rings. The van der Waals surface area contributed by atoms with Gasteiger partial charge in [0.25, 0.3) is 5.91 Å². The molecule has 4 heteroatoms. The first-order chi connectivity index (χ1) is 7.76. The molecule has 1 heterocycles. The Hall–Kier alpha value is -1.81. The third-order valence-corrected chi connectivity index (χ3v) is 2.54. The molecular formula is C12H13NO3. The maximum absolute atomic E-state index is 11.7. The number of carbonyl (C=O) groups excluding carboxylic acids is 1. The van der Waals surface area contributed by atoms with Crippen LogP contribution in [-0.2, 0) is 9.53 Å². The van der Waals surface area contributed by atoms with E-state index in [1.165, 1.54) is 7.11 Å². The Morgan fingerprint density at radius 1 is 1.31 bits per heavy atom. The lowest BCUT2D eigenvalue weighted by molar-refractivity contribution is -0.130. The first-order valence-corrected chi connectivity index (χ1v) is 4.94. The zero-order valence-corrected chi connectivity index (χ0v) is 9.19. The summed E-state index contributed by atoms with van der Waals surface area (Å²) in [6.45, 7) is 0. The van der Waals surface area contributed by atoms with E-state index in [9.17, 15) is 4.79 Å². The first kappa shape index (κ1) is 10.7. The predicted molar refractivity (Wildman–Crippen MR) is 59.9 cm³/mol. The number of hydrogen-bond donors (Lipinski definition) is 1. The summed E-state index contributed by atoms with van der Waals surface area (Å²) >= 11 is 0. The van der Waals surface area contributed by atoms with Crippen molar-refractivity contribution in [3.05, 3.63) is 35.5 Å². The number of ether oxygens (including phenoxy) is 2. The second kappa shape index (κ2) is 4.37. The Bertz CT molecular complexity index is 440. The van der Waals surface area contributed by atoms with Crippen LogP contribution >= 0.6 is 0 Å². The van der Waals surface area contributed by atoms with Gasteiger partial charge in [-0.3, -0.25) is 4.79 Å². The molecule has 1 amide bonds. The standard InChI is InChI=1S/C12H13NO3/c1-15-9-4-3-8-5-6-13-12(14)11(16-2)10(8)7-9/h3-7,11H,1-2H3,(H,13,14). The van der Waals surface area contributed by atoms with E-state index in [1.807, 2.05) is 24.3 Å². The van der Waals surface area contributed by atoms with Crippen LogP contribution in [0.5, 0.6) is 5.75 Å². The van der Waals surface area contributed by atoms with Gasteiger partial charge in [0.1, 0.15) is 5.75 Å². The van der Waals surface area contributed by atoms with E-state index < -0.39 is 6.10 Å². The zero-order valence-electron chi connectivity index (χ0n) is 9.19. The normalized spacial score (nSPS) is 18.6. The highest BCUT2D eigenvalue weighted by molar-refractivity contribution is 5.86. The third kappa shape index (κ3) is 1.79. The van der Waals surface area contributed by atoms with Crippen molar-refractivity contribution in [3.8, 4) is 5.75 Å². The molecule has 0 aromatic heterocycles. The molecule has 0 radical (unpaired) electrons. The SMILES string of the molecule is COc1ccc2c(c1)C(OC)C(=O)NC=C2. The molecule has 0 spiro atoms. The Kier molecular flexibility index (Phi) is 2.92. The minimum Gasteiger partial charge on any atom is -0.497 e. The summed E-state index contributed by atoms with van der Waals surface area (Å²) in [6.07, 6.45) is 2.86. The summed E-state index contributed by atoms with van der Waals surface area (Å²) in [5.74, 6) is 0.537. The number of fused-ring (bicyclic) bond motifs is 1. The van der Waals surface area contributed by atoms with Crippen molar-refractivity contribution in [1.29, 1.82) is 0 Å². The van der Waals surface area contributed by atoms with Gasteiger partial charge in [-0.05, 0) is 23.8 Å². The molecule has 0 bridgehead atoms. The summed E-state index contributed by atoms with van der Waals surface area (Å²) in [5, 5.41) is 2.64. The average molecular weight is 219 g/mol. The number of hydrogen-bond acceptors (Lipinski definition) is 3. The Morgan fingerprint density at radius 3 is 2.81 bits per heavy atom. The van der Waals surface area contributed by atoms with E-state index in [1.54, 1.807) is 13.3 Å². The summed E-state index contributed by atoms with van der Waals surface area (Å²) < 4.78 is 10.3. The molecule has 0 aliphatic carbocycles. The molecule has 1 unspecified atom stereocenters. The van der Waals surface area contributed by atoms with Crippen LogP contribution in [0.25, 0.3) is 6.08 Å². The number of rotatable bonds is 2. The van der Waals surface area contributed by atoms with Crippen molar-refractivity contribution >= 4 is 12.0 Å². The molecular weight excluding hydrogens is 206 g/mol. The third-order valence-electron chi connectivity index (χ3n) is 2.54. The minimum absolute atomic E-state index is 0.175. The maximum Gasteiger partial charge on any atom is 0.257 e. The number of amides is 1. The van der Waals surface area contributed by atoms with Gasteiger partial charge in [0, 0.05) is 18.9 Å². The largest absolute Gasteiger partial charge is 0.497 e. The van der Waals surface area contributed by atoms with Crippen LogP contribution < -0.4 is 10.1 Å². The van der Waals surface area contributed by atoms with Gasteiger partial charge in [-0.2, -0.15) is 0 Å². The lowest BCUT2D eigenvalue weighted by Crippen LogP contribution is -2.25. The summed E-state index contributed by atoms with van der Waals surface area (Å²) in [5.41, 5.74) is 1.76. The summed E-state index contributed by atoms with van der Waals surface area (Å²) in [4.78, 5) is 11.7. The topological polar surface area (TPSA) is 47.6 Å². The minimum atomic E-state index is -0.597. The van der Waals surface area contributed by atoms with Gasteiger partial charge in [0.2, 0.25) is 0 Å². The van der Waals surface area contributed by atoms with Gasteiger partial charge in [-0.1, -0.05) is 6.07 Å². The van der Waals surface area contributed by atoms with Gasteiger partial charge in [-0.15, -0.1) is 0 Å². The molecule has 0 saturated carbocycles. The van der Waals surface area contributed by atoms with Gasteiger partial charge in [0.15, 0.2) is 6.10 Å². The van der Waals surface area contributed by atoms with Crippen LogP contribution in [0.15, 0.2) is 24.4 Å². The molecule has 1 aromatic rings. The lowest BCUT2D eigenvalue weighted by atomic mass is 10.0. The Morgan fingerprint density at radius 2 is 2.12 bits per heavy atom. The fourth-order valence-electron chi connectivity index (χ4n) is 1.72. The monoisotopic (exact) mass is 219 g/mol. The fraction of sp³-hybridized carbons (Fsp3) is 0.250. The average Bonchev–Trinajstić information content (AvgIpc) is 2.46. The van der Waals surface area contributed by atoms with Crippen molar-refractivity contribution in [2.24, 2.45) is 0 Å². The van der Waals surface area contributed by atoms with Crippen molar-refractivity contribution in [1.82, 2.24) is 5.32 Å². The number of carbonyl (C=O) groups is 1. The Balaban J connectivity index is 2.52. The van der Waals surface area contributed by atoms with E-state index in [0.29, 0.717) is 5.75 Å². The van der Waals surface area contributed by atoms with Crippen LogP contribution in [0.2, 0.25) is 0 Å². The fourth-order valence-corrected chi connectivity index (χ4v) is 1.72. The molecule has 0 fully saturated rings. The molecule has 16 heavy (non-hydrogen) atoms. The van der Waals surface area contributed by atoms with E-state index in [2.05, 4.69) is 5.32 Å². The smallest absolute Gasteiger partial charge is 0.257 e.